The molecule has 3 amide bonds. The Labute approximate surface area is 248 Å². The Hall–Kier alpha value is -4.58. The number of nitrogens with zero attached hydrogens (tertiary/aromatic N) is 2. The Bertz CT molecular complexity index is 1650. The fourth-order valence-electron chi connectivity index (χ4n) is 6.07. The van der Waals surface area contributed by atoms with Crippen LogP contribution >= 0.6 is 0 Å². The largest absolute Gasteiger partial charge is 0.480 e. The number of fused-ring (bicyclic) bond motifs is 2. The molecule has 3 atom stereocenters. The number of aromatic nitrogens is 3. The van der Waals surface area contributed by atoms with Crippen molar-refractivity contribution in [2.24, 2.45) is 5.73 Å². The molecule has 228 valence electrons. The summed E-state index contributed by atoms with van der Waals surface area (Å²) < 4.78 is 1.76. The quantitative estimate of drug-likeness (QED) is 0.146. The molecule has 5 rings (SSSR count). The molecule has 1 fully saturated rings. The molecule has 43 heavy (non-hydrogen) atoms. The van der Waals surface area contributed by atoms with Gasteiger partial charge in [-0.05, 0) is 62.4 Å². The zero-order valence-corrected chi connectivity index (χ0v) is 24.2. The first kappa shape index (κ1) is 29.9. The maximum absolute atomic E-state index is 13.7. The van der Waals surface area contributed by atoms with E-state index in [4.69, 9.17) is 5.73 Å². The third kappa shape index (κ3) is 6.43. The van der Waals surface area contributed by atoms with E-state index >= 15 is 0 Å². The predicted octanol–water partition coefficient (Wildman–Crippen LogP) is 3.03. The number of piperidine rings is 1. The molecule has 0 aliphatic carbocycles. The van der Waals surface area contributed by atoms with Crippen LogP contribution < -0.4 is 22.1 Å². The van der Waals surface area contributed by atoms with Gasteiger partial charge in [0.05, 0.1) is 11.0 Å². The smallest absolute Gasteiger partial charge is 0.326 e. The number of hydrogen-bond donors (Lipinski definition) is 6. The lowest BCUT2D eigenvalue weighted by Gasteiger charge is -2.34. The van der Waals surface area contributed by atoms with Gasteiger partial charge in [0.15, 0.2) is 0 Å². The van der Waals surface area contributed by atoms with E-state index in [1.54, 1.807) is 9.47 Å². The first-order valence-electron chi connectivity index (χ1n) is 14.8. The van der Waals surface area contributed by atoms with Crippen LogP contribution in [0.15, 0.2) is 59.5 Å². The van der Waals surface area contributed by atoms with Crippen molar-refractivity contribution in [3.63, 3.8) is 0 Å². The third-order valence-corrected chi connectivity index (χ3v) is 8.48. The highest BCUT2D eigenvalue weighted by atomic mass is 16.4. The molecule has 0 spiro atoms. The molecule has 3 heterocycles. The number of rotatable bonds is 11. The molecular weight excluding hydrogens is 550 g/mol. The van der Waals surface area contributed by atoms with Crippen molar-refractivity contribution in [2.75, 3.05) is 19.6 Å². The van der Waals surface area contributed by atoms with Crippen LogP contribution in [-0.2, 0) is 9.59 Å². The molecular formula is C31H39N7O5. The zero-order chi connectivity index (χ0) is 30.5. The normalized spacial score (nSPS) is 16.2. The lowest BCUT2D eigenvalue weighted by molar-refractivity contribution is -0.142. The predicted molar refractivity (Wildman–Crippen MR) is 164 cm³/mol. The van der Waals surface area contributed by atoms with E-state index in [-0.39, 0.29) is 18.2 Å². The molecule has 12 heteroatoms. The number of para-hydroxylation sites is 3. The van der Waals surface area contributed by atoms with Crippen LogP contribution in [0.1, 0.15) is 56.6 Å². The fourth-order valence-corrected chi connectivity index (χ4v) is 6.07. The van der Waals surface area contributed by atoms with Gasteiger partial charge in [-0.1, -0.05) is 37.3 Å². The monoisotopic (exact) mass is 589 g/mol. The van der Waals surface area contributed by atoms with E-state index in [0.29, 0.717) is 45.3 Å². The summed E-state index contributed by atoms with van der Waals surface area (Å²) in [5, 5.41) is 16.3. The van der Waals surface area contributed by atoms with Crippen molar-refractivity contribution in [3.8, 4) is 0 Å². The number of unbranched alkanes of at least 4 members (excludes halogenated alkanes) is 1. The van der Waals surface area contributed by atoms with Gasteiger partial charge in [-0.2, -0.15) is 0 Å². The number of urea groups is 1. The van der Waals surface area contributed by atoms with E-state index in [0.717, 1.165) is 27.5 Å². The molecule has 0 bridgehead atoms. The molecule has 2 aromatic heterocycles. The molecule has 7 N–H and O–H groups in total. The number of nitrogens with one attached hydrogen (secondary N) is 4. The lowest BCUT2D eigenvalue weighted by atomic mass is 9.91. The zero-order valence-electron chi connectivity index (χ0n) is 24.2. The highest BCUT2D eigenvalue weighted by Gasteiger charge is 2.34. The highest BCUT2D eigenvalue weighted by molar-refractivity contribution is 5.92. The summed E-state index contributed by atoms with van der Waals surface area (Å²) in [4.78, 5) is 59.6. The van der Waals surface area contributed by atoms with Crippen LogP contribution in [-0.4, -0.2) is 74.2 Å². The molecule has 1 aliphatic heterocycles. The average molecular weight is 590 g/mol. The van der Waals surface area contributed by atoms with Crippen molar-refractivity contribution in [2.45, 2.75) is 63.1 Å². The van der Waals surface area contributed by atoms with Gasteiger partial charge in [0.2, 0.25) is 5.91 Å². The van der Waals surface area contributed by atoms with Gasteiger partial charge in [-0.15, -0.1) is 0 Å². The number of carboxylic acids is 1. The molecule has 1 saturated heterocycles. The van der Waals surface area contributed by atoms with Gasteiger partial charge in [-0.3, -0.25) is 9.36 Å². The Morgan fingerprint density at radius 1 is 1.02 bits per heavy atom. The standard InChI is InChI=1S/C31H39N7O5/c1-19(22-18-33-23-9-3-2-8-21(22)23)27(28(39)34-25(29(40)41)11-6-7-15-32)36-30(42)37-16-13-20(14-17-37)38-26-12-5-4-10-24(26)35-31(38)43/h2-5,8-10,12,18-20,25,27,33H,6-7,11,13-17,32H2,1H3,(H,34,39)(H,35,43)(H,36,42)(H,40,41). The summed E-state index contributed by atoms with van der Waals surface area (Å²) in [5.41, 5.74) is 8.73. The Morgan fingerprint density at radius 2 is 1.72 bits per heavy atom. The number of carbonyl (C=O) groups is 3. The number of nitrogens with two attached hydrogens (primary N) is 1. The van der Waals surface area contributed by atoms with Crippen LogP contribution in [0.4, 0.5) is 4.79 Å². The van der Waals surface area contributed by atoms with Gasteiger partial charge in [0.1, 0.15) is 12.1 Å². The number of carbonyl (C=O) groups excluding carboxylic acids is 2. The number of hydrogen-bond acceptors (Lipinski definition) is 5. The first-order chi connectivity index (χ1) is 20.8. The van der Waals surface area contributed by atoms with Gasteiger partial charge in [-0.25, -0.2) is 14.4 Å². The van der Waals surface area contributed by atoms with Crippen molar-refractivity contribution in [1.82, 2.24) is 30.1 Å². The van der Waals surface area contributed by atoms with Crippen LogP contribution in [0.5, 0.6) is 0 Å². The summed E-state index contributed by atoms with van der Waals surface area (Å²) in [7, 11) is 0. The first-order valence-corrected chi connectivity index (χ1v) is 14.8. The van der Waals surface area contributed by atoms with Crippen molar-refractivity contribution in [1.29, 1.82) is 0 Å². The molecule has 1 aliphatic rings. The molecule has 0 saturated carbocycles. The Kier molecular flexibility index (Phi) is 9.15. The average Bonchev–Trinajstić information content (AvgIpc) is 3.59. The SMILES string of the molecule is CC(c1c[nH]c2ccccc12)C(NC(=O)N1CCC(n2c(=O)[nH]c3ccccc32)CC1)C(=O)NC(CCCCN)C(=O)O. The van der Waals surface area contributed by atoms with Crippen molar-refractivity contribution < 1.29 is 19.5 Å². The van der Waals surface area contributed by atoms with E-state index in [2.05, 4.69) is 20.6 Å². The van der Waals surface area contributed by atoms with Crippen LogP contribution in [0.25, 0.3) is 21.9 Å². The molecule has 0 radical (unpaired) electrons. The minimum Gasteiger partial charge on any atom is -0.480 e. The van der Waals surface area contributed by atoms with Gasteiger partial charge >= 0.3 is 17.7 Å². The maximum atomic E-state index is 13.7. The van der Waals surface area contributed by atoms with Crippen molar-refractivity contribution in [3.05, 3.63) is 70.8 Å². The number of aromatic amines is 2. The number of likely N-dealkylation sites (tertiary alicyclic amines) is 1. The van der Waals surface area contributed by atoms with Crippen LogP contribution in [0, 0.1) is 0 Å². The number of H-pyrrole nitrogens is 2. The summed E-state index contributed by atoms with van der Waals surface area (Å²) in [6, 6.07) is 12.6. The minimum absolute atomic E-state index is 0.0678. The third-order valence-electron chi connectivity index (χ3n) is 8.48. The van der Waals surface area contributed by atoms with Gasteiger partial charge in [0.25, 0.3) is 0 Å². The second kappa shape index (κ2) is 13.2. The molecule has 4 aromatic rings. The number of imidazole rings is 1. The van der Waals surface area contributed by atoms with E-state index in [1.165, 1.54) is 0 Å². The van der Waals surface area contributed by atoms with E-state index in [1.807, 2.05) is 61.7 Å². The fraction of sp³-hybridized carbons (Fsp3) is 0.419. The lowest BCUT2D eigenvalue weighted by Crippen LogP contribution is -2.56. The molecule has 3 unspecified atom stereocenters. The number of amides is 3. The number of benzene rings is 2. The van der Waals surface area contributed by atoms with Crippen LogP contribution in [0.2, 0.25) is 0 Å². The van der Waals surface area contributed by atoms with Gasteiger partial charge in [0, 0.05) is 42.1 Å². The molecule has 2 aromatic carbocycles. The van der Waals surface area contributed by atoms with E-state index < -0.39 is 35.9 Å². The van der Waals surface area contributed by atoms with Crippen molar-refractivity contribution >= 4 is 39.8 Å². The summed E-state index contributed by atoms with van der Waals surface area (Å²) >= 11 is 0. The van der Waals surface area contributed by atoms with E-state index in [9.17, 15) is 24.3 Å². The van der Waals surface area contributed by atoms with Crippen LogP contribution in [0.3, 0.4) is 0 Å². The Morgan fingerprint density at radius 3 is 2.44 bits per heavy atom. The topological polar surface area (TPSA) is 178 Å². The summed E-state index contributed by atoms with van der Waals surface area (Å²) in [6.07, 6.45) is 4.41. The number of carboxylic acid groups (broad SMARTS) is 1. The summed E-state index contributed by atoms with van der Waals surface area (Å²) in [5.74, 6) is -2.17. The summed E-state index contributed by atoms with van der Waals surface area (Å²) in [6.45, 7) is 3.08. The second-order valence-corrected chi connectivity index (χ2v) is 11.2. The maximum Gasteiger partial charge on any atom is 0.326 e. The second-order valence-electron chi connectivity index (χ2n) is 11.2. The molecule has 12 nitrogen and oxygen atoms in total. The number of aliphatic carboxylic acids is 1. The minimum atomic E-state index is -1.13. The highest BCUT2D eigenvalue weighted by Crippen LogP contribution is 2.29. The van der Waals surface area contributed by atoms with Gasteiger partial charge < -0.3 is 36.3 Å². The Balaban J connectivity index is 1.32.